The number of aromatic nitrogens is 4. The van der Waals surface area contributed by atoms with Crippen LogP contribution in [0.5, 0.6) is 5.75 Å². The molecule has 1 saturated heterocycles. The van der Waals surface area contributed by atoms with E-state index in [2.05, 4.69) is 30.8 Å². The smallest absolute Gasteiger partial charge is 0.251 e. The van der Waals surface area contributed by atoms with Gasteiger partial charge in [-0.2, -0.15) is 0 Å². The van der Waals surface area contributed by atoms with Gasteiger partial charge in [-0.15, -0.1) is 5.10 Å². The van der Waals surface area contributed by atoms with Crippen molar-refractivity contribution in [2.75, 3.05) is 33.4 Å². The van der Waals surface area contributed by atoms with Gasteiger partial charge in [0, 0.05) is 38.3 Å². The van der Waals surface area contributed by atoms with E-state index in [4.69, 9.17) is 9.47 Å². The van der Waals surface area contributed by atoms with Crippen LogP contribution in [0.15, 0.2) is 48.5 Å². The van der Waals surface area contributed by atoms with Crippen LogP contribution in [0.2, 0.25) is 0 Å². The molecule has 3 aromatic rings. The lowest BCUT2D eigenvalue weighted by atomic mass is 10.0. The predicted molar refractivity (Wildman–Crippen MR) is 124 cm³/mol. The molecule has 1 aliphatic heterocycles. The summed E-state index contributed by atoms with van der Waals surface area (Å²) in [7, 11) is 1.64. The van der Waals surface area contributed by atoms with Gasteiger partial charge in [-0.05, 0) is 53.5 Å². The normalized spacial score (nSPS) is 14.8. The highest BCUT2D eigenvalue weighted by atomic mass is 16.5. The summed E-state index contributed by atoms with van der Waals surface area (Å²) in [5.41, 5.74) is 2.46. The number of carbonyl (C=O) groups is 1. The van der Waals surface area contributed by atoms with Crippen molar-refractivity contribution in [2.24, 2.45) is 0 Å². The number of carbonyl (C=O) groups excluding carboxylic acids is 1. The molecular formula is C24H30N6O3. The molecule has 0 saturated carbocycles. The summed E-state index contributed by atoms with van der Waals surface area (Å²) in [6.45, 7) is 3.94. The van der Waals surface area contributed by atoms with E-state index in [1.807, 2.05) is 48.5 Å². The number of benzene rings is 2. The SMILES string of the molecule is COCc1ccccc1C(=O)NC1CCN(CCCOc2ccccc2-c2nnn[nH]2)CC1. The molecule has 1 amide bonds. The van der Waals surface area contributed by atoms with Crippen LogP contribution in [-0.4, -0.2) is 70.8 Å². The van der Waals surface area contributed by atoms with Crippen LogP contribution in [0.3, 0.4) is 0 Å². The average Bonchev–Trinajstić information content (AvgIpc) is 3.38. The summed E-state index contributed by atoms with van der Waals surface area (Å²) in [5.74, 6) is 1.35. The largest absolute Gasteiger partial charge is 0.493 e. The van der Waals surface area contributed by atoms with E-state index in [1.165, 1.54) is 0 Å². The first kappa shape index (κ1) is 22.9. The van der Waals surface area contributed by atoms with Gasteiger partial charge in [0.1, 0.15) is 5.75 Å². The molecule has 1 aromatic heterocycles. The molecule has 33 heavy (non-hydrogen) atoms. The molecule has 4 rings (SSSR count). The molecule has 9 nitrogen and oxygen atoms in total. The molecule has 174 valence electrons. The number of aromatic amines is 1. The van der Waals surface area contributed by atoms with Crippen LogP contribution >= 0.6 is 0 Å². The van der Waals surface area contributed by atoms with Gasteiger partial charge in [-0.3, -0.25) is 4.79 Å². The van der Waals surface area contributed by atoms with Gasteiger partial charge in [0.25, 0.3) is 5.91 Å². The number of nitrogens with one attached hydrogen (secondary N) is 2. The summed E-state index contributed by atoms with van der Waals surface area (Å²) in [6.07, 6.45) is 2.81. The summed E-state index contributed by atoms with van der Waals surface area (Å²) in [6, 6.07) is 15.5. The molecular weight excluding hydrogens is 420 g/mol. The van der Waals surface area contributed by atoms with Crippen molar-refractivity contribution in [1.82, 2.24) is 30.8 Å². The first-order valence-corrected chi connectivity index (χ1v) is 11.3. The summed E-state index contributed by atoms with van der Waals surface area (Å²) in [5, 5.41) is 17.2. The highest BCUT2D eigenvalue weighted by Crippen LogP contribution is 2.26. The monoisotopic (exact) mass is 450 g/mol. The fraction of sp³-hybridized carbons (Fsp3) is 0.417. The van der Waals surface area contributed by atoms with Crippen molar-refractivity contribution in [3.63, 3.8) is 0 Å². The Morgan fingerprint density at radius 3 is 2.73 bits per heavy atom. The molecule has 0 aliphatic carbocycles. The quantitative estimate of drug-likeness (QED) is 0.458. The van der Waals surface area contributed by atoms with Crippen LogP contribution < -0.4 is 10.1 Å². The third-order valence-electron chi connectivity index (χ3n) is 5.85. The molecule has 2 heterocycles. The van der Waals surface area contributed by atoms with Crippen molar-refractivity contribution in [2.45, 2.75) is 31.9 Å². The Morgan fingerprint density at radius 1 is 1.15 bits per heavy atom. The molecule has 0 radical (unpaired) electrons. The molecule has 0 spiro atoms. The molecule has 0 atom stereocenters. The van der Waals surface area contributed by atoms with Crippen molar-refractivity contribution in [3.05, 3.63) is 59.7 Å². The van der Waals surface area contributed by atoms with Crippen LogP contribution in [0.1, 0.15) is 35.2 Å². The number of hydrogen-bond donors (Lipinski definition) is 2. The van der Waals surface area contributed by atoms with E-state index in [-0.39, 0.29) is 11.9 Å². The number of ether oxygens (including phenoxy) is 2. The second kappa shape index (κ2) is 11.5. The Hall–Kier alpha value is -3.30. The number of piperidine rings is 1. The van der Waals surface area contributed by atoms with E-state index >= 15 is 0 Å². The lowest BCUT2D eigenvalue weighted by molar-refractivity contribution is 0.0905. The van der Waals surface area contributed by atoms with Crippen molar-refractivity contribution >= 4 is 5.91 Å². The van der Waals surface area contributed by atoms with Crippen LogP contribution in [-0.2, 0) is 11.3 Å². The number of amides is 1. The molecule has 2 aromatic carbocycles. The van der Waals surface area contributed by atoms with Crippen LogP contribution in [0, 0.1) is 0 Å². The Labute approximate surface area is 193 Å². The van der Waals surface area contributed by atoms with Gasteiger partial charge in [0.2, 0.25) is 0 Å². The molecule has 0 bridgehead atoms. The second-order valence-corrected chi connectivity index (χ2v) is 8.13. The van der Waals surface area contributed by atoms with Gasteiger partial charge in [0.15, 0.2) is 5.82 Å². The number of likely N-dealkylation sites (tertiary alicyclic amines) is 1. The van der Waals surface area contributed by atoms with Crippen LogP contribution in [0.25, 0.3) is 11.4 Å². The van der Waals surface area contributed by atoms with Crippen molar-refractivity contribution < 1.29 is 14.3 Å². The van der Waals surface area contributed by atoms with E-state index in [9.17, 15) is 4.79 Å². The maximum atomic E-state index is 12.7. The highest BCUT2D eigenvalue weighted by Gasteiger charge is 2.22. The van der Waals surface area contributed by atoms with E-state index < -0.39 is 0 Å². The minimum Gasteiger partial charge on any atom is -0.493 e. The number of methoxy groups -OCH3 is 1. The Morgan fingerprint density at radius 2 is 1.94 bits per heavy atom. The third-order valence-corrected chi connectivity index (χ3v) is 5.85. The van der Waals surface area contributed by atoms with Gasteiger partial charge in [0.05, 0.1) is 18.8 Å². The summed E-state index contributed by atoms with van der Waals surface area (Å²) in [4.78, 5) is 15.2. The predicted octanol–water partition coefficient (Wildman–Crippen LogP) is 2.68. The molecule has 9 heteroatoms. The van der Waals surface area contributed by atoms with Crippen molar-refractivity contribution in [3.8, 4) is 17.1 Å². The number of tetrazole rings is 1. The number of para-hydroxylation sites is 1. The minimum absolute atomic E-state index is 0.0184. The highest BCUT2D eigenvalue weighted by molar-refractivity contribution is 5.95. The van der Waals surface area contributed by atoms with Crippen LogP contribution in [0.4, 0.5) is 0 Å². The lowest BCUT2D eigenvalue weighted by Gasteiger charge is -2.32. The first-order valence-electron chi connectivity index (χ1n) is 11.3. The maximum Gasteiger partial charge on any atom is 0.251 e. The zero-order valence-electron chi connectivity index (χ0n) is 18.9. The Balaban J connectivity index is 1.18. The number of H-pyrrole nitrogens is 1. The van der Waals surface area contributed by atoms with Crippen molar-refractivity contribution in [1.29, 1.82) is 0 Å². The van der Waals surface area contributed by atoms with Gasteiger partial charge >= 0.3 is 0 Å². The number of rotatable bonds is 10. The molecule has 2 N–H and O–H groups in total. The number of hydrogen-bond acceptors (Lipinski definition) is 7. The molecule has 1 fully saturated rings. The maximum absolute atomic E-state index is 12.7. The fourth-order valence-electron chi connectivity index (χ4n) is 4.12. The lowest BCUT2D eigenvalue weighted by Crippen LogP contribution is -2.45. The minimum atomic E-state index is -0.0184. The van der Waals surface area contributed by atoms with E-state index in [0.717, 1.165) is 55.8 Å². The summed E-state index contributed by atoms with van der Waals surface area (Å²) >= 11 is 0. The standard InChI is InChI=1S/C24H30N6O3/c1-32-17-18-7-2-3-8-20(18)24(31)25-19-11-14-30(15-12-19)13-6-16-33-22-10-5-4-9-21(22)23-26-28-29-27-23/h2-5,7-10,19H,6,11-17H2,1H3,(H,25,31)(H,26,27,28,29). The van der Waals surface area contributed by atoms with Gasteiger partial charge in [-0.25, -0.2) is 5.10 Å². The molecule has 1 aliphatic rings. The third kappa shape index (κ3) is 6.15. The Kier molecular flexibility index (Phi) is 7.99. The zero-order chi connectivity index (χ0) is 22.9. The first-order chi connectivity index (χ1) is 16.2. The Bertz CT molecular complexity index is 1020. The molecule has 0 unspecified atom stereocenters. The summed E-state index contributed by atoms with van der Waals surface area (Å²) < 4.78 is 11.2. The average molecular weight is 451 g/mol. The second-order valence-electron chi connectivity index (χ2n) is 8.13. The number of nitrogens with zero attached hydrogens (tertiary/aromatic N) is 4. The topological polar surface area (TPSA) is 105 Å². The van der Waals surface area contributed by atoms with Gasteiger partial charge < -0.3 is 19.7 Å². The van der Waals surface area contributed by atoms with E-state index in [1.54, 1.807) is 7.11 Å². The fourth-order valence-corrected chi connectivity index (χ4v) is 4.12. The van der Waals surface area contributed by atoms with Gasteiger partial charge in [-0.1, -0.05) is 30.3 Å². The zero-order valence-corrected chi connectivity index (χ0v) is 18.9. The van der Waals surface area contributed by atoms with E-state index in [0.29, 0.717) is 24.6 Å².